The van der Waals surface area contributed by atoms with Gasteiger partial charge in [0.2, 0.25) is 5.65 Å². The summed E-state index contributed by atoms with van der Waals surface area (Å²) in [6, 6.07) is 4.59. The SMILES string of the molecule is COc1cccc(C(=O)O)c1Oc1nccn2cnnc12. The molecule has 0 radical (unpaired) electrons. The lowest BCUT2D eigenvalue weighted by Gasteiger charge is -2.12. The van der Waals surface area contributed by atoms with Crippen LogP contribution in [0.1, 0.15) is 10.4 Å². The molecule has 0 saturated heterocycles. The van der Waals surface area contributed by atoms with Gasteiger partial charge in [-0.1, -0.05) is 6.07 Å². The van der Waals surface area contributed by atoms with Crippen molar-refractivity contribution in [2.75, 3.05) is 7.11 Å². The van der Waals surface area contributed by atoms with Gasteiger partial charge in [0.05, 0.1) is 7.11 Å². The van der Waals surface area contributed by atoms with Crippen molar-refractivity contribution in [1.82, 2.24) is 19.6 Å². The van der Waals surface area contributed by atoms with Crippen LogP contribution in [0.2, 0.25) is 0 Å². The monoisotopic (exact) mass is 286 g/mol. The number of aromatic nitrogens is 4. The van der Waals surface area contributed by atoms with E-state index < -0.39 is 5.97 Å². The Morgan fingerprint density at radius 3 is 3.00 bits per heavy atom. The van der Waals surface area contributed by atoms with E-state index in [-0.39, 0.29) is 17.2 Å². The number of ether oxygens (including phenoxy) is 2. The number of rotatable bonds is 4. The van der Waals surface area contributed by atoms with Crippen LogP contribution in [0.25, 0.3) is 5.65 Å². The molecular weight excluding hydrogens is 276 g/mol. The number of para-hydroxylation sites is 1. The predicted molar refractivity (Wildman–Crippen MR) is 70.8 cm³/mol. The minimum atomic E-state index is -1.13. The molecule has 0 unspecified atom stereocenters. The van der Waals surface area contributed by atoms with Gasteiger partial charge in [0.25, 0.3) is 5.88 Å². The molecule has 106 valence electrons. The van der Waals surface area contributed by atoms with Crippen LogP contribution in [0.15, 0.2) is 36.9 Å². The number of carboxylic acids is 1. The quantitative estimate of drug-likeness (QED) is 0.778. The molecule has 2 heterocycles. The van der Waals surface area contributed by atoms with Crippen molar-refractivity contribution in [3.63, 3.8) is 0 Å². The molecule has 8 heteroatoms. The van der Waals surface area contributed by atoms with Gasteiger partial charge in [0, 0.05) is 12.4 Å². The first-order valence-electron chi connectivity index (χ1n) is 5.93. The minimum absolute atomic E-state index is 0.0299. The predicted octanol–water partition coefficient (Wildman–Crippen LogP) is 1.62. The van der Waals surface area contributed by atoms with E-state index in [1.807, 2.05) is 0 Å². The Morgan fingerprint density at radius 2 is 2.24 bits per heavy atom. The lowest BCUT2D eigenvalue weighted by atomic mass is 10.2. The molecule has 0 amide bonds. The van der Waals surface area contributed by atoms with E-state index in [9.17, 15) is 9.90 Å². The van der Waals surface area contributed by atoms with Crippen LogP contribution in [0.3, 0.4) is 0 Å². The van der Waals surface area contributed by atoms with Crippen LogP contribution >= 0.6 is 0 Å². The number of aromatic carboxylic acids is 1. The highest BCUT2D eigenvalue weighted by molar-refractivity contribution is 5.92. The van der Waals surface area contributed by atoms with Gasteiger partial charge in [-0.3, -0.25) is 4.40 Å². The Labute approximate surface area is 118 Å². The molecule has 3 aromatic rings. The largest absolute Gasteiger partial charge is 0.493 e. The molecule has 0 aliphatic rings. The van der Waals surface area contributed by atoms with Crippen molar-refractivity contribution in [2.24, 2.45) is 0 Å². The van der Waals surface area contributed by atoms with E-state index in [1.54, 1.807) is 22.7 Å². The van der Waals surface area contributed by atoms with E-state index in [4.69, 9.17) is 9.47 Å². The summed E-state index contributed by atoms with van der Waals surface area (Å²) in [5.74, 6) is -0.631. The highest BCUT2D eigenvalue weighted by Gasteiger charge is 2.19. The Balaban J connectivity index is 2.13. The molecule has 1 aromatic carbocycles. The summed E-state index contributed by atoms with van der Waals surface area (Å²) in [4.78, 5) is 15.4. The van der Waals surface area contributed by atoms with Crippen LogP contribution in [0, 0.1) is 0 Å². The van der Waals surface area contributed by atoms with Crippen molar-refractivity contribution in [3.8, 4) is 17.4 Å². The summed E-state index contributed by atoms with van der Waals surface area (Å²) in [5.41, 5.74) is 0.345. The topological polar surface area (TPSA) is 98.8 Å². The Hall–Kier alpha value is -3.16. The molecule has 0 bridgehead atoms. The van der Waals surface area contributed by atoms with Gasteiger partial charge in [0.15, 0.2) is 11.5 Å². The smallest absolute Gasteiger partial charge is 0.339 e. The number of benzene rings is 1. The van der Waals surface area contributed by atoms with Gasteiger partial charge in [-0.2, -0.15) is 0 Å². The molecule has 1 N–H and O–H groups in total. The van der Waals surface area contributed by atoms with Gasteiger partial charge in [-0.05, 0) is 12.1 Å². The molecule has 21 heavy (non-hydrogen) atoms. The summed E-state index contributed by atoms with van der Waals surface area (Å²) in [7, 11) is 1.43. The van der Waals surface area contributed by atoms with Crippen LogP contribution in [-0.2, 0) is 0 Å². The van der Waals surface area contributed by atoms with Crippen molar-refractivity contribution in [2.45, 2.75) is 0 Å². The molecule has 3 rings (SSSR count). The van der Waals surface area contributed by atoms with Crippen molar-refractivity contribution < 1.29 is 19.4 Å². The minimum Gasteiger partial charge on any atom is -0.493 e. The molecule has 0 aliphatic carbocycles. The summed E-state index contributed by atoms with van der Waals surface area (Å²) in [6.45, 7) is 0. The second-order valence-electron chi connectivity index (χ2n) is 4.04. The van der Waals surface area contributed by atoms with E-state index >= 15 is 0 Å². The average molecular weight is 286 g/mol. The van der Waals surface area contributed by atoms with E-state index in [0.29, 0.717) is 11.4 Å². The zero-order valence-corrected chi connectivity index (χ0v) is 10.9. The maximum absolute atomic E-state index is 11.3. The first-order chi connectivity index (χ1) is 10.2. The summed E-state index contributed by atoms with van der Waals surface area (Å²) < 4.78 is 12.4. The zero-order chi connectivity index (χ0) is 14.8. The summed E-state index contributed by atoms with van der Waals surface area (Å²) in [5, 5.41) is 16.9. The van der Waals surface area contributed by atoms with E-state index in [2.05, 4.69) is 15.2 Å². The standard InChI is InChI=1S/C13H10N4O4/c1-20-9-4-2-3-8(13(18)19)10(9)21-12-11-16-15-7-17(11)6-5-14-12/h2-7H,1H3,(H,18,19). The highest BCUT2D eigenvalue weighted by Crippen LogP contribution is 2.35. The Bertz CT molecular complexity index is 815. The van der Waals surface area contributed by atoms with Gasteiger partial charge in [-0.25, -0.2) is 9.78 Å². The summed E-state index contributed by atoms with van der Waals surface area (Å²) in [6.07, 6.45) is 4.65. The molecule has 2 aromatic heterocycles. The number of carbonyl (C=O) groups is 1. The average Bonchev–Trinajstić information content (AvgIpc) is 2.96. The molecule has 0 aliphatic heterocycles. The Kier molecular flexibility index (Phi) is 3.11. The lowest BCUT2D eigenvalue weighted by Crippen LogP contribution is -2.03. The second kappa shape index (κ2) is 5.08. The molecular formula is C13H10N4O4. The normalized spacial score (nSPS) is 10.5. The Morgan fingerprint density at radius 1 is 1.38 bits per heavy atom. The van der Waals surface area contributed by atoms with Gasteiger partial charge < -0.3 is 14.6 Å². The lowest BCUT2D eigenvalue weighted by molar-refractivity contribution is 0.0693. The number of carboxylic acid groups (broad SMARTS) is 1. The fourth-order valence-corrected chi connectivity index (χ4v) is 1.85. The van der Waals surface area contributed by atoms with Gasteiger partial charge in [0.1, 0.15) is 11.9 Å². The third-order valence-electron chi connectivity index (χ3n) is 2.81. The molecule has 0 saturated carbocycles. The van der Waals surface area contributed by atoms with E-state index in [1.165, 1.54) is 25.7 Å². The number of hydrogen-bond acceptors (Lipinski definition) is 6. The fourth-order valence-electron chi connectivity index (χ4n) is 1.85. The number of nitrogens with zero attached hydrogens (tertiary/aromatic N) is 4. The highest BCUT2D eigenvalue weighted by atomic mass is 16.5. The maximum atomic E-state index is 11.3. The first kappa shape index (κ1) is 12.9. The molecule has 8 nitrogen and oxygen atoms in total. The number of methoxy groups -OCH3 is 1. The van der Waals surface area contributed by atoms with Crippen LogP contribution in [0.5, 0.6) is 17.4 Å². The molecule has 0 fully saturated rings. The van der Waals surface area contributed by atoms with Gasteiger partial charge in [-0.15, -0.1) is 10.2 Å². The molecule has 0 atom stereocenters. The fraction of sp³-hybridized carbons (Fsp3) is 0.0769. The third kappa shape index (κ3) is 2.22. The maximum Gasteiger partial charge on any atom is 0.339 e. The van der Waals surface area contributed by atoms with Crippen LogP contribution in [-0.4, -0.2) is 37.8 Å². The van der Waals surface area contributed by atoms with Crippen molar-refractivity contribution >= 4 is 11.6 Å². The second-order valence-corrected chi connectivity index (χ2v) is 4.04. The first-order valence-corrected chi connectivity index (χ1v) is 5.93. The molecule has 0 spiro atoms. The number of hydrogen-bond donors (Lipinski definition) is 1. The van der Waals surface area contributed by atoms with Crippen LogP contribution < -0.4 is 9.47 Å². The number of fused-ring (bicyclic) bond motifs is 1. The van der Waals surface area contributed by atoms with E-state index in [0.717, 1.165) is 0 Å². The summed E-state index contributed by atoms with van der Waals surface area (Å²) >= 11 is 0. The van der Waals surface area contributed by atoms with Crippen LogP contribution in [0.4, 0.5) is 0 Å². The zero-order valence-electron chi connectivity index (χ0n) is 10.9. The third-order valence-corrected chi connectivity index (χ3v) is 2.81. The van der Waals surface area contributed by atoms with Gasteiger partial charge >= 0.3 is 5.97 Å². The van der Waals surface area contributed by atoms with Crippen molar-refractivity contribution in [1.29, 1.82) is 0 Å². The van der Waals surface area contributed by atoms with Crippen molar-refractivity contribution in [3.05, 3.63) is 42.5 Å².